The van der Waals surface area contributed by atoms with E-state index in [2.05, 4.69) is 4.90 Å². The van der Waals surface area contributed by atoms with Gasteiger partial charge in [-0.1, -0.05) is 43.2 Å². The molecule has 1 saturated heterocycles. The highest BCUT2D eigenvalue weighted by Gasteiger charge is 2.51. The number of amides is 1. The quantitative estimate of drug-likeness (QED) is 0.743. The molecule has 158 valence electrons. The lowest BCUT2D eigenvalue weighted by molar-refractivity contribution is -0.136. The lowest BCUT2D eigenvalue weighted by Gasteiger charge is -2.28. The third-order valence-corrected chi connectivity index (χ3v) is 6.09. The Hall–Kier alpha value is -2.70. The molecule has 2 aromatic carbocycles. The summed E-state index contributed by atoms with van der Waals surface area (Å²) in [6.45, 7) is 2.31. The molecule has 0 spiro atoms. The molecule has 0 radical (unpaired) electrons. The molecule has 1 fully saturated rings. The van der Waals surface area contributed by atoms with Crippen molar-refractivity contribution in [1.29, 1.82) is 0 Å². The van der Waals surface area contributed by atoms with Crippen molar-refractivity contribution in [1.82, 2.24) is 4.90 Å². The van der Waals surface area contributed by atoms with Crippen LogP contribution in [0.4, 0.5) is 5.69 Å². The van der Waals surface area contributed by atoms with E-state index >= 15 is 0 Å². The Bertz CT molecular complexity index is 936. The summed E-state index contributed by atoms with van der Waals surface area (Å²) in [5.41, 5.74) is -0.254. The first-order valence-corrected chi connectivity index (χ1v) is 10.6. The second-order valence-electron chi connectivity index (χ2n) is 8.12. The van der Waals surface area contributed by atoms with Crippen LogP contribution in [0.2, 0.25) is 0 Å². The predicted molar refractivity (Wildman–Crippen MR) is 115 cm³/mol. The molecule has 2 aromatic rings. The summed E-state index contributed by atoms with van der Waals surface area (Å²) in [4.78, 5) is 30.3. The third-order valence-electron chi connectivity index (χ3n) is 6.09. The van der Waals surface area contributed by atoms with E-state index in [9.17, 15) is 14.7 Å². The summed E-state index contributed by atoms with van der Waals surface area (Å²) >= 11 is 0. The van der Waals surface area contributed by atoms with Crippen LogP contribution in [-0.2, 0) is 10.4 Å². The molecule has 6 heteroatoms. The Labute approximate surface area is 177 Å². The smallest absolute Gasteiger partial charge is 0.265 e. The van der Waals surface area contributed by atoms with Crippen molar-refractivity contribution in [2.75, 3.05) is 31.8 Å². The average molecular weight is 408 g/mol. The van der Waals surface area contributed by atoms with Crippen LogP contribution >= 0.6 is 0 Å². The minimum atomic E-state index is -1.86. The highest BCUT2D eigenvalue weighted by atomic mass is 16.5. The van der Waals surface area contributed by atoms with Crippen molar-refractivity contribution >= 4 is 17.4 Å². The molecule has 0 aromatic heterocycles. The molecule has 0 saturated carbocycles. The van der Waals surface area contributed by atoms with Crippen LogP contribution < -0.4 is 9.64 Å². The lowest BCUT2D eigenvalue weighted by Crippen LogP contribution is -2.46. The number of hydrogen-bond acceptors (Lipinski definition) is 5. The van der Waals surface area contributed by atoms with Crippen molar-refractivity contribution in [3.05, 3.63) is 59.7 Å². The van der Waals surface area contributed by atoms with Crippen molar-refractivity contribution in [2.45, 2.75) is 37.7 Å². The van der Waals surface area contributed by atoms with Crippen LogP contribution in [0.15, 0.2) is 48.5 Å². The van der Waals surface area contributed by atoms with Crippen LogP contribution in [0.3, 0.4) is 0 Å². The van der Waals surface area contributed by atoms with Gasteiger partial charge in [-0.05, 0) is 44.1 Å². The number of nitrogens with zero attached hydrogens (tertiary/aromatic N) is 2. The Balaban J connectivity index is 1.60. The molecular formula is C24H28N2O4. The van der Waals surface area contributed by atoms with Gasteiger partial charge in [0.2, 0.25) is 0 Å². The Kier molecular flexibility index (Phi) is 5.88. The van der Waals surface area contributed by atoms with Gasteiger partial charge in [0.05, 0.1) is 25.9 Å². The largest absolute Gasteiger partial charge is 0.497 e. The van der Waals surface area contributed by atoms with Gasteiger partial charge in [0.15, 0.2) is 11.4 Å². The van der Waals surface area contributed by atoms with Crippen LogP contribution in [0, 0.1) is 0 Å². The molecule has 2 aliphatic rings. The summed E-state index contributed by atoms with van der Waals surface area (Å²) in [5.74, 6) is -0.158. The monoisotopic (exact) mass is 408 g/mol. The Morgan fingerprint density at radius 3 is 2.53 bits per heavy atom. The number of hydrogen-bond donors (Lipinski definition) is 1. The molecule has 0 aliphatic carbocycles. The molecule has 2 aliphatic heterocycles. The average Bonchev–Trinajstić information content (AvgIpc) is 2.95. The number of likely N-dealkylation sites (tertiary alicyclic amines) is 1. The van der Waals surface area contributed by atoms with Gasteiger partial charge in [0.1, 0.15) is 5.75 Å². The van der Waals surface area contributed by atoms with Gasteiger partial charge in [-0.25, -0.2) is 0 Å². The zero-order valence-electron chi connectivity index (χ0n) is 17.3. The number of para-hydroxylation sites is 1. The molecule has 30 heavy (non-hydrogen) atoms. The maximum atomic E-state index is 13.4. The minimum Gasteiger partial charge on any atom is -0.497 e. The van der Waals surface area contributed by atoms with Gasteiger partial charge < -0.3 is 9.84 Å². The number of anilines is 1. The van der Waals surface area contributed by atoms with E-state index in [1.165, 1.54) is 20.0 Å². The second-order valence-corrected chi connectivity index (χ2v) is 8.12. The number of carbonyl (C=O) groups is 2. The molecule has 0 bridgehead atoms. The minimum absolute atomic E-state index is 0.295. The van der Waals surface area contributed by atoms with Crippen molar-refractivity contribution in [3.8, 4) is 5.75 Å². The van der Waals surface area contributed by atoms with Gasteiger partial charge in [0, 0.05) is 11.1 Å². The van der Waals surface area contributed by atoms with Gasteiger partial charge in [-0.15, -0.1) is 0 Å². The molecule has 1 N–H and O–H groups in total. The first-order chi connectivity index (χ1) is 14.5. The molecular weight excluding hydrogens is 380 g/mol. The molecule has 0 unspecified atom stereocenters. The summed E-state index contributed by atoms with van der Waals surface area (Å²) < 4.78 is 5.19. The number of Topliss-reactive ketones (excluding diaryl/α,β-unsaturated/α-hetero) is 1. The predicted octanol–water partition coefficient (Wildman–Crippen LogP) is 3.34. The Morgan fingerprint density at radius 2 is 1.80 bits per heavy atom. The van der Waals surface area contributed by atoms with Crippen LogP contribution in [-0.4, -0.2) is 48.6 Å². The fourth-order valence-electron chi connectivity index (χ4n) is 4.43. The number of methoxy groups -OCH3 is 1. The summed E-state index contributed by atoms with van der Waals surface area (Å²) in [6.07, 6.45) is 4.34. The number of rotatable bonds is 6. The third kappa shape index (κ3) is 3.85. The number of ketones is 1. The summed E-state index contributed by atoms with van der Waals surface area (Å²) in [7, 11) is 1.54. The molecule has 1 atom stereocenters. The lowest BCUT2D eigenvalue weighted by atomic mass is 9.88. The highest BCUT2D eigenvalue weighted by molar-refractivity contribution is 6.10. The standard InChI is InChI=1S/C24H28N2O4/c1-30-19-10-8-9-18(15-19)22(27)16-24(29)20-11-4-5-12-21(20)26(23(24)28)17-25-13-6-2-3-7-14-25/h4-5,8-12,15,29H,2-3,6-7,13-14,16-17H2,1H3/t24-/m0/s1. The fraction of sp³-hybridized carbons (Fsp3) is 0.417. The van der Waals surface area contributed by atoms with Crippen molar-refractivity contribution in [2.24, 2.45) is 0 Å². The van der Waals surface area contributed by atoms with E-state index in [-0.39, 0.29) is 12.2 Å². The SMILES string of the molecule is COc1cccc(C(=O)C[C@@]2(O)C(=O)N(CN3CCCCCC3)c3ccccc32)c1. The normalized spacial score (nSPS) is 21.9. The molecule has 4 rings (SSSR count). The van der Waals surface area contributed by atoms with E-state index in [0.29, 0.717) is 29.2 Å². The molecule has 2 heterocycles. The fourth-order valence-corrected chi connectivity index (χ4v) is 4.43. The van der Waals surface area contributed by atoms with E-state index in [4.69, 9.17) is 4.74 Å². The maximum Gasteiger partial charge on any atom is 0.265 e. The van der Waals surface area contributed by atoms with E-state index < -0.39 is 11.5 Å². The first-order valence-electron chi connectivity index (χ1n) is 10.6. The molecule has 1 amide bonds. The summed E-state index contributed by atoms with van der Waals surface area (Å²) in [5, 5.41) is 11.5. The van der Waals surface area contributed by atoms with E-state index in [0.717, 1.165) is 25.9 Å². The zero-order chi connectivity index (χ0) is 21.1. The van der Waals surface area contributed by atoms with Gasteiger partial charge in [-0.3, -0.25) is 19.4 Å². The van der Waals surface area contributed by atoms with Gasteiger partial charge >= 0.3 is 0 Å². The van der Waals surface area contributed by atoms with E-state index in [1.807, 2.05) is 12.1 Å². The van der Waals surface area contributed by atoms with Gasteiger partial charge in [0.25, 0.3) is 5.91 Å². The number of ether oxygens (including phenoxy) is 1. The van der Waals surface area contributed by atoms with Crippen LogP contribution in [0.5, 0.6) is 5.75 Å². The number of benzene rings is 2. The maximum absolute atomic E-state index is 13.4. The zero-order valence-corrected chi connectivity index (χ0v) is 17.3. The van der Waals surface area contributed by atoms with E-state index in [1.54, 1.807) is 41.3 Å². The Morgan fingerprint density at radius 1 is 1.07 bits per heavy atom. The number of fused-ring (bicyclic) bond motifs is 1. The van der Waals surface area contributed by atoms with Crippen molar-refractivity contribution in [3.63, 3.8) is 0 Å². The van der Waals surface area contributed by atoms with Crippen LogP contribution in [0.25, 0.3) is 0 Å². The van der Waals surface area contributed by atoms with Gasteiger partial charge in [-0.2, -0.15) is 0 Å². The number of aliphatic hydroxyl groups is 1. The number of carbonyl (C=O) groups excluding carboxylic acids is 2. The van der Waals surface area contributed by atoms with Crippen LogP contribution in [0.1, 0.15) is 48.0 Å². The first kappa shape index (κ1) is 20.6. The second kappa shape index (κ2) is 8.58. The highest BCUT2D eigenvalue weighted by Crippen LogP contribution is 2.43. The molecule has 6 nitrogen and oxygen atoms in total. The van der Waals surface area contributed by atoms with Crippen molar-refractivity contribution < 1.29 is 19.4 Å². The topological polar surface area (TPSA) is 70.1 Å². The summed E-state index contributed by atoms with van der Waals surface area (Å²) in [6, 6.07) is 14.0.